The van der Waals surface area contributed by atoms with Crippen molar-refractivity contribution in [3.8, 4) is 0 Å². The van der Waals surface area contributed by atoms with E-state index < -0.39 is 0 Å². The van der Waals surface area contributed by atoms with Gasteiger partial charge in [0, 0.05) is 18.2 Å². The number of nitrogen functional groups attached to an aromatic ring is 1. The van der Waals surface area contributed by atoms with Gasteiger partial charge < -0.3 is 15.5 Å². The molecule has 0 fully saturated rings. The first kappa shape index (κ1) is 17.7. The average molecular weight is 295 g/mol. The Balaban J connectivity index is 2.90. The first-order valence-electron chi connectivity index (χ1n) is 7.36. The Labute approximate surface area is 127 Å². The SMILES string of the molecule is CCOCc1nc(NN)cc(NC(C)(C)CC(C)(C)C)n1. The van der Waals surface area contributed by atoms with Crippen LogP contribution in [-0.4, -0.2) is 22.1 Å². The minimum absolute atomic E-state index is 0.0820. The molecule has 0 unspecified atom stereocenters. The molecule has 0 saturated carbocycles. The number of hydrazine groups is 1. The Morgan fingerprint density at radius 3 is 2.29 bits per heavy atom. The second kappa shape index (κ2) is 7.04. The van der Waals surface area contributed by atoms with Crippen molar-refractivity contribution in [1.29, 1.82) is 0 Å². The number of rotatable bonds is 7. The fourth-order valence-corrected chi connectivity index (χ4v) is 2.61. The molecule has 0 saturated heterocycles. The maximum absolute atomic E-state index is 5.47. The van der Waals surface area contributed by atoms with Crippen molar-refractivity contribution < 1.29 is 4.74 Å². The van der Waals surface area contributed by atoms with Gasteiger partial charge in [-0.2, -0.15) is 0 Å². The number of aromatic nitrogens is 2. The van der Waals surface area contributed by atoms with Crippen molar-refractivity contribution >= 4 is 11.6 Å². The number of nitrogens with two attached hydrogens (primary N) is 1. The number of anilines is 2. The normalized spacial score (nSPS) is 12.3. The van der Waals surface area contributed by atoms with E-state index in [4.69, 9.17) is 10.6 Å². The Morgan fingerprint density at radius 2 is 1.76 bits per heavy atom. The third-order valence-corrected chi connectivity index (χ3v) is 2.79. The van der Waals surface area contributed by atoms with Crippen LogP contribution < -0.4 is 16.6 Å². The Hall–Kier alpha value is -1.40. The molecule has 1 heterocycles. The first-order valence-corrected chi connectivity index (χ1v) is 7.36. The topological polar surface area (TPSA) is 85.1 Å². The standard InChI is InChI=1S/C15H29N5O/c1-7-21-9-13-17-11(8-12(18-13)20-16)19-15(5,6)10-14(2,3)4/h8H,7,9-10,16H2,1-6H3,(H2,17,18,19,20). The summed E-state index contributed by atoms with van der Waals surface area (Å²) in [6.45, 7) is 14.0. The first-order chi connectivity index (χ1) is 9.65. The Morgan fingerprint density at radius 1 is 1.14 bits per heavy atom. The predicted octanol–water partition coefficient (Wildman–Crippen LogP) is 2.93. The van der Waals surface area contributed by atoms with Gasteiger partial charge in [-0.1, -0.05) is 20.8 Å². The lowest BCUT2D eigenvalue weighted by Crippen LogP contribution is -2.36. The van der Waals surface area contributed by atoms with Crippen LogP contribution in [0.2, 0.25) is 0 Å². The lowest BCUT2D eigenvalue weighted by atomic mass is 9.82. The molecule has 1 rings (SSSR count). The minimum atomic E-state index is -0.0820. The summed E-state index contributed by atoms with van der Waals surface area (Å²) in [5, 5.41) is 3.46. The second-order valence-corrected chi connectivity index (χ2v) is 7.08. The van der Waals surface area contributed by atoms with Crippen molar-refractivity contribution in [2.45, 2.75) is 60.1 Å². The zero-order chi connectivity index (χ0) is 16.1. The second-order valence-electron chi connectivity index (χ2n) is 7.08. The molecule has 0 spiro atoms. The lowest BCUT2D eigenvalue weighted by Gasteiger charge is -2.33. The summed E-state index contributed by atoms with van der Waals surface area (Å²) in [6, 6.07) is 1.81. The number of nitrogens with one attached hydrogen (secondary N) is 2. The molecule has 0 aromatic carbocycles. The van der Waals surface area contributed by atoms with Crippen LogP contribution in [0.1, 0.15) is 53.8 Å². The van der Waals surface area contributed by atoms with E-state index in [1.807, 2.05) is 6.92 Å². The molecule has 0 aliphatic rings. The molecular formula is C15H29N5O. The summed E-state index contributed by atoms with van der Waals surface area (Å²) in [5.74, 6) is 7.41. The van der Waals surface area contributed by atoms with Crippen LogP contribution in [0.25, 0.3) is 0 Å². The summed E-state index contributed by atoms with van der Waals surface area (Å²) >= 11 is 0. The van der Waals surface area contributed by atoms with Crippen LogP contribution in [-0.2, 0) is 11.3 Å². The molecular weight excluding hydrogens is 266 g/mol. The maximum Gasteiger partial charge on any atom is 0.158 e. The molecule has 0 atom stereocenters. The van der Waals surface area contributed by atoms with Gasteiger partial charge in [0.05, 0.1) is 0 Å². The molecule has 0 aliphatic carbocycles. The molecule has 0 radical (unpaired) electrons. The van der Waals surface area contributed by atoms with Crippen LogP contribution in [0.5, 0.6) is 0 Å². The molecule has 1 aromatic heterocycles. The lowest BCUT2D eigenvalue weighted by molar-refractivity contribution is 0.128. The third-order valence-electron chi connectivity index (χ3n) is 2.79. The van der Waals surface area contributed by atoms with E-state index in [9.17, 15) is 0 Å². The molecule has 1 aromatic rings. The zero-order valence-electron chi connectivity index (χ0n) is 14.1. The van der Waals surface area contributed by atoms with Crippen molar-refractivity contribution in [2.24, 2.45) is 11.3 Å². The van der Waals surface area contributed by atoms with E-state index in [0.717, 1.165) is 12.2 Å². The summed E-state index contributed by atoms with van der Waals surface area (Å²) in [4.78, 5) is 8.77. The fraction of sp³-hybridized carbons (Fsp3) is 0.733. The summed E-state index contributed by atoms with van der Waals surface area (Å²) in [7, 11) is 0. The maximum atomic E-state index is 5.47. The Bertz CT molecular complexity index is 454. The zero-order valence-corrected chi connectivity index (χ0v) is 14.1. The van der Waals surface area contributed by atoms with Crippen LogP contribution in [0.4, 0.5) is 11.6 Å². The molecule has 0 amide bonds. The van der Waals surface area contributed by atoms with Crippen LogP contribution in [0, 0.1) is 5.41 Å². The molecule has 6 heteroatoms. The highest BCUT2D eigenvalue weighted by Gasteiger charge is 2.25. The number of ether oxygens (including phenoxy) is 1. The molecule has 120 valence electrons. The van der Waals surface area contributed by atoms with E-state index in [1.165, 1.54) is 0 Å². The monoisotopic (exact) mass is 295 g/mol. The highest BCUT2D eigenvalue weighted by atomic mass is 16.5. The van der Waals surface area contributed by atoms with E-state index in [-0.39, 0.29) is 11.0 Å². The molecule has 0 bridgehead atoms. The van der Waals surface area contributed by atoms with Gasteiger partial charge in [0.1, 0.15) is 18.2 Å². The van der Waals surface area contributed by atoms with Crippen LogP contribution in [0.3, 0.4) is 0 Å². The fourth-order valence-electron chi connectivity index (χ4n) is 2.61. The highest BCUT2D eigenvalue weighted by molar-refractivity contribution is 5.48. The number of hydrogen-bond donors (Lipinski definition) is 3. The third kappa shape index (κ3) is 6.73. The van der Waals surface area contributed by atoms with Gasteiger partial charge in [0.2, 0.25) is 0 Å². The molecule has 6 nitrogen and oxygen atoms in total. The van der Waals surface area contributed by atoms with Crippen LogP contribution >= 0.6 is 0 Å². The van der Waals surface area contributed by atoms with Gasteiger partial charge in [-0.3, -0.25) is 0 Å². The van der Waals surface area contributed by atoms with Gasteiger partial charge in [-0.15, -0.1) is 0 Å². The quantitative estimate of drug-likeness (QED) is 0.530. The smallest absolute Gasteiger partial charge is 0.158 e. The highest BCUT2D eigenvalue weighted by Crippen LogP contribution is 2.29. The molecule has 21 heavy (non-hydrogen) atoms. The summed E-state index contributed by atoms with van der Waals surface area (Å²) in [5.41, 5.74) is 2.72. The average Bonchev–Trinajstić information content (AvgIpc) is 2.32. The number of nitrogens with zero attached hydrogens (tertiary/aromatic N) is 2. The number of hydrogen-bond acceptors (Lipinski definition) is 6. The van der Waals surface area contributed by atoms with Gasteiger partial charge in [-0.05, 0) is 32.6 Å². The van der Waals surface area contributed by atoms with Gasteiger partial charge in [0.25, 0.3) is 0 Å². The van der Waals surface area contributed by atoms with Gasteiger partial charge in [-0.25, -0.2) is 15.8 Å². The van der Waals surface area contributed by atoms with Crippen molar-refractivity contribution in [3.63, 3.8) is 0 Å². The van der Waals surface area contributed by atoms with Crippen molar-refractivity contribution in [2.75, 3.05) is 17.3 Å². The van der Waals surface area contributed by atoms with Crippen LogP contribution in [0.15, 0.2) is 6.07 Å². The van der Waals surface area contributed by atoms with E-state index in [2.05, 4.69) is 55.3 Å². The Kier molecular flexibility index (Phi) is 5.92. The van der Waals surface area contributed by atoms with E-state index in [1.54, 1.807) is 6.07 Å². The van der Waals surface area contributed by atoms with Gasteiger partial charge >= 0.3 is 0 Å². The van der Waals surface area contributed by atoms with Gasteiger partial charge in [0.15, 0.2) is 5.82 Å². The van der Waals surface area contributed by atoms with Crippen molar-refractivity contribution in [1.82, 2.24) is 9.97 Å². The minimum Gasteiger partial charge on any atom is -0.374 e. The van der Waals surface area contributed by atoms with Crippen molar-refractivity contribution in [3.05, 3.63) is 11.9 Å². The molecule has 0 aliphatic heterocycles. The van der Waals surface area contributed by atoms with E-state index in [0.29, 0.717) is 24.9 Å². The largest absolute Gasteiger partial charge is 0.374 e. The summed E-state index contributed by atoms with van der Waals surface area (Å²) in [6.07, 6.45) is 1.01. The predicted molar refractivity (Wildman–Crippen MR) is 86.9 cm³/mol. The molecule has 4 N–H and O–H groups in total. The summed E-state index contributed by atoms with van der Waals surface area (Å²) < 4.78 is 5.36. The van der Waals surface area contributed by atoms with E-state index >= 15 is 0 Å².